The molecule has 3 saturated carbocycles. The number of ketones is 1. The molecule has 0 radical (unpaired) electrons. The summed E-state index contributed by atoms with van der Waals surface area (Å²) in [6, 6.07) is 0. The molecule has 0 aliphatic heterocycles. The average molecular weight is 332 g/mol. The zero-order valence-corrected chi connectivity index (χ0v) is 15.3. The highest BCUT2D eigenvalue weighted by molar-refractivity contribution is 5.92. The first-order valence-corrected chi connectivity index (χ1v) is 9.88. The van der Waals surface area contributed by atoms with E-state index in [-0.39, 0.29) is 22.7 Å². The van der Waals surface area contributed by atoms with Crippen LogP contribution in [-0.2, 0) is 4.79 Å². The van der Waals surface area contributed by atoms with Gasteiger partial charge >= 0.3 is 0 Å². The molecule has 3 fully saturated rings. The molecule has 0 amide bonds. The minimum Gasteiger partial charge on any atom is -0.393 e. The quantitative estimate of drug-likeness (QED) is 0.773. The number of aliphatic hydroxyl groups is 2. The fraction of sp³-hybridized carbons (Fsp3) is 0.857. The topological polar surface area (TPSA) is 57.5 Å². The van der Waals surface area contributed by atoms with Gasteiger partial charge in [-0.3, -0.25) is 4.79 Å². The fourth-order valence-corrected chi connectivity index (χ4v) is 7.44. The van der Waals surface area contributed by atoms with Gasteiger partial charge in [-0.15, -0.1) is 0 Å². The Labute approximate surface area is 145 Å². The van der Waals surface area contributed by atoms with E-state index in [0.717, 1.165) is 32.1 Å². The summed E-state index contributed by atoms with van der Waals surface area (Å²) in [6.45, 7) is 6.59. The maximum Gasteiger partial charge on any atom is 0.158 e. The fourth-order valence-electron chi connectivity index (χ4n) is 7.44. The summed E-state index contributed by atoms with van der Waals surface area (Å²) in [5.41, 5.74) is 1.25. The molecule has 0 spiro atoms. The standard InChI is InChI=1S/C21H32O3/c1-12(22)16-6-7-17-15-5-4-13-10-14(23)11-19(24)21(13,3)18(15)8-9-20(16,17)2/h10,12,15-19,22,24H,4-9,11H2,1-3H3/t12?,15-,16+,17-,18-,19?,20+,21-/m0/s1. The monoisotopic (exact) mass is 332 g/mol. The molecule has 0 saturated heterocycles. The summed E-state index contributed by atoms with van der Waals surface area (Å²) in [7, 11) is 0. The molecule has 4 aliphatic rings. The first-order valence-electron chi connectivity index (χ1n) is 9.88. The number of aliphatic hydroxyl groups excluding tert-OH is 2. The lowest BCUT2D eigenvalue weighted by atomic mass is 9.46. The molecular weight excluding hydrogens is 300 g/mol. The van der Waals surface area contributed by atoms with Gasteiger partial charge in [0, 0.05) is 11.8 Å². The van der Waals surface area contributed by atoms with Gasteiger partial charge in [-0.2, -0.15) is 0 Å². The van der Waals surface area contributed by atoms with E-state index >= 15 is 0 Å². The van der Waals surface area contributed by atoms with Gasteiger partial charge in [-0.05, 0) is 80.6 Å². The molecule has 3 heteroatoms. The van der Waals surface area contributed by atoms with Crippen molar-refractivity contribution in [3.63, 3.8) is 0 Å². The summed E-state index contributed by atoms with van der Waals surface area (Å²) in [4.78, 5) is 11.9. The molecule has 0 aromatic rings. The largest absolute Gasteiger partial charge is 0.393 e. The molecule has 0 heterocycles. The van der Waals surface area contributed by atoms with Crippen molar-refractivity contribution in [2.75, 3.05) is 0 Å². The van der Waals surface area contributed by atoms with E-state index in [1.54, 1.807) is 0 Å². The molecule has 0 aromatic carbocycles. The van der Waals surface area contributed by atoms with E-state index < -0.39 is 6.10 Å². The SMILES string of the molecule is CC(O)[C@H]1CC[C@H]2[C@@H]3CCC4=CC(=O)CC(O)[C@]4(C)[C@H]3CC[C@]12C. The maximum atomic E-state index is 11.9. The third-order valence-electron chi connectivity index (χ3n) is 8.72. The molecular formula is C21H32O3. The van der Waals surface area contributed by atoms with Crippen LogP contribution in [-0.4, -0.2) is 28.2 Å². The van der Waals surface area contributed by atoms with Gasteiger partial charge in [0.05, 0.1) is 12.2 Å². The van der Waals surface area contributed by atoms with Crippen LogP contribution in [0.5, 0.6) is 0 Å². The Bertz CT molecular complexity index is 580. The Hall–Kier alpha value is -0.670. The van der Waals surface area contributed by atoms with E-state index in [0.29, 0.717) is 30.1 Å². The molecule has 24 heavy (non-hydrogen) atoms. The lowest BCUT2D eigenvalue weighted by molar-refractivity contribution is -0.129. The van der Waals surface area contributed by atoms with Gasteiger partial charge in [0.1, 0.15) is 0 Å². The van der Waals surface area contributed by atoms with E-state index in [4.69, 9.17) is 0 Å². The number of fused-ring (bicyclic) bond motifs is 5. The summed E-state index contributed by atoms with van der Waals surface area (Å²) < 4.78 is 0. The molecule has 3 nitrogen and oxygen atoms in total. The van der Waals surface area contributed by atoms with Crippen LogP contribution < -0.4 is 0 Å². The van der Waals surface area contributed by atoms with Crippen LogP contribution in [0.3, 0.4) is 0 Å². The normalized spacial score (nSPS) is 52.1. The van der Waals surface area contributed by atoms with Crippen molar-refractivity contribution in [2.45, 2.75) is 77.9 Å². The molecule has 4 aliphatic carbocycles. The van der Waals surface area contributed by atoms with Gasteiger partial charge in [-0.1, -0.05) is 19.4 Å². The molecule has 8 atom stereocenters. The third-order valence-corrected chi connectivity index (χ3v) is 8.72. The highest BCUT2D eigenvalue weighted by Crippen LogP contribution is 2.66. The zero-order valence-electron chi connectivity index (χ0n) is 15.3. The minimum atomic E-state index is -0.517. The number of rotatable bonds is 1. The number of carbonyl (C=O) groups excluding carboxylic acids is 1. The minimum absolute atomic E-state index is 0.101. The predicted octanol–water partition coefficient (Wildman–Crippen LogP) is 3.49. The highest BCUT2D eigenvalue weighted by Gasteiger charge is 2.61. The number of hydrogen-bond acceptors (Lipinski definition) is 3. The molecule has 4 rings (SSSR count). The molecule has 0 aromatic heterocycles. The van der Waals surface area contributed by atoms with Crippen molar-refractivity contribution in [1.82, 2.24) is 0 Å². The van der Waals surface area contributed by atoms with Crippen molar-refractivity contribution in [3.05, 3.63) is 11.6 Å². The van der Waals surface area contributed by atoms with Gasteiger partial charge in [0.25, 0.3) is 0 Å². The van der Waals surface area contributed by atoms with Crippen LogP contribution in [0.15, 0.2) is 11.6 Å². The van der Waals surface area contributed by atoms with E-state index in [1.807, 2.05) is 13.0 Å². The number of carbonyl (C=O) groups is 1. The first kappa shape index (κ1) is 16.8. The Morgan fingerprint density at radius 1 is 1.17 bits per heavy atom. The Morgan fingerprint density at radius 2 is 1.92 bits per heavy atom. The van der Waals surface area contributed by atoms with Crippen molar-refractivity contribution < 1.29 is 15.0 Å². The van der Waals surface area contributed by atoms with Crippen molar-refractivity contribution in [2.24, 2.45) is 34.5 Å². The van der Waals surface area contributed by atoms with Gasteiger partial charge in [0.15, 0.2) is 5.78 Å². The second-order valence-corrected chi connectivity index (χ2v) is 9.52. The van der Waals surface area contributed by atoms with Crippen LogP contribution in [0.4, 0.5) is 0 Å². The van der Waals surface area contributed by atoms with Crippen molar-refractivity contribution >= 4 is 5.78 Å². The summed E-state index contributed by atoms with van der Waals surface area (Å²) in [5, 5.41) is 21.1. The molecule has 0 bridgehead atoms. The van der Waals surface area contributed by atoms with Gasteiger partial charge < -0.3 is 10.2 Å². The highest BCUT2D eigenvalue weighted by atomic mass is 16.3. The Balaban J connectivity index is 1.69. The second kappa shape index (κ2) is 5.41. The summed E-state index contributed by atoms with van der Waals surface area (Å²) in [5.74, 6) is 2.32. The van der Waals surface area contributed by atoms with Crippen LogP contribution in [0.25, 0.3) is 0 Å². The number of hydrogen-bond donors (Lipinski definition) is 2. The maximum absolute atomic E-state index is 11.9. The van der Waals surface area contributed by atoms with E-state index in [2.05, 4.69) is 13.8 Å². The van der Waals surface area contributed by atoms with Crippen molar-refractivity contribution in [1.29, 1.82) is 0 Å². The molecule has 2 unspecified atom stereocenters. The van der Waals surface area contributed by atoms with Crippen molar-refractivity contribution in [3.8, 4) is 0 Å². The van der Waals surface area contributed by atoms with Gasteiger partial charge in [0.2, 0.25) is 0 Å². The van der Waals surface area contributed by atoms with Crippen LogP contribution in [0, 0.1) is 34.5 Å². The first-order chi connectivity index (χ1) is 11.3. The molecule has 134 valence electrons. The molecule has 2 N–H and O–H groups in total. The van der Waals surface area contributed by atoms with E-state index in [9.17, 15) is 15.0 Å². The average Bonchev–Trinajstić information content (AvgIpc) is 2.86. The lowest BCUT2D eigenvalue weighted by Crippen LogP contribution is -2.55. The third kappa shape index (κ3) is 2.07. The Kier molecular flexibility index (Phi) is 3.78. The summed E-state index contributed by atoms with van der Waals surface area (Å²) in [6.07, 6.45) is 8.16. The van der Waals surface area contributed by atoms with Crippen LogP contribution >= 0.6 is 0 Å². The van der Waals surface area contributed by atoms with Crippen LogP contribution in [0.2, 0.25) is 0 Å². The zero-order chi connectivity index (χ0) is 17.3. The van der Waals surface area contributed by atoms with Crippen LogP contribution in [0.1, 0.15) is 65.7 Å². The smallest absolute Gasteiger partial charge is 0.158 e. The van der Waals surface area contributed by atoms with Gasteiger partial charge in [-0.25, -0.2) is 0 Å². The Morgan fingerprint density at radius 3 is 2.62 bits per heavy atom. The van der Waals surface area contributed by atoms with E-state index in [1.165, 1.54) is 12.0 Å². The summed E-state index contributed by atoms with van der Waals surface area (Å²) >= 11 is 0. The lowest BCUT2D eigenvalue weighted by Gasteiger charge is -2.59. The predicted molar refractivity (Wildman–Crippen MR) is 93.3 cm³/mol. The second-order valence-electron chi connectivity index (χ2n) is 9.52.